The van der Waals surface area contributed by atoms with Crippen molar-refractivity contribution >= 4 is 17.7 Å². The highest BCUT2D eigenvalue weighted by molar-refractivity contribution is 7.98. The average molecular weight is 255 g/mol. The Labute approximate surface area is 103 Å². The smallest absolute Gasteiger partial charge is 0.320 e. The van der Waals surface area contributed by atoms with E-state index in [1.54, 1.807) is 6.07 Å². The van der Waals surface area contributed by atoms with Gasteiger partial charge >= 0.3 is 5.97 Å². The van der Waals surface area contributed by atoms with Crippen LogP contribution in [-0.2, 0) is 11.2 Å². The van der Waals surface area contributed by atoms with Crippen molar-refractivity contribution in [2.24, 2.45) is 5.73 Å². The lowest BCUT2D eigenvalue weighted by Crippen LogP contribution is -2.32. The molecule has 1 atom stereocenters. The molecule has 17 heavy (non-hydrogen) atoms. The first-order chi connectivity index (χ1) is 8.13. The van der Waals surface area contributed by atoms with Crippen molar-refractivity contribution in [1.29, 1.82) is 0 Å². The molecule has 0 fully saturated rings. The molecule has 0 aliphatic carbocycles. The summed E-state index contributed by atoms with van der Waals surface area (Å²) in [4.78, 5) is 11.6. The number of benzene rings is 1. The van der Waals surface area contributed by atoms with Crippen LogP contribution in [-0.4, -0.2) is 30.2 Å². The van der Waals surface area contributed by atoms with Crippen LogP contribution in [0.4, 0.5) is 0 Å². The molecule has 2 rings (SSSR count). The summed E-state index contributed by atoms with van der Waals surface area (Å²) in [5.74, 6) is 0.379. The highest BCUT2D eigenvalue weighted by atomic mass is 32.2. The molecule has 3 N–H and O–H groups in total. The number of hydrogen-bond donors (Lipinski definition) is 2. The molecular weight excluding hydrogens is 242 g/mol. The van der Waals surface area contributed by atoms with E-state index in [2.05, 4.69) is 0 Å². The van der Waals surface area contributed by atoms with E-state index in [1.165, 1.54) is 11.8 Å². The van der Waals surface area contributed by atoms with Gasteiger partial charge < -0.3 is 20.3 Å². The van der Waals surface area contributed by atoms with Gasteiger partial charge in [0, 0.05) is 0 Å². The summed E-state index contributed by atoms with van der Waals surface area (Å²) in [7, 11) is 0. The summed E-state index contributed by atoms with van der Waals surface area (Å²) >= 11 is 1.50. The number of hydrogen-bond acceptors (Lipinski definition) is 5. The molecule has 6 heteroatoms. The minimum absolute atomic E-state index is 0.206. The average Bonchev–Trinajstić information content (AvgIpc) is 2.76. The van der Waals surface area contributed by atoms with E-state index in [4.69, 9.17) is 20.3 Å². The third-order valence-corrected chi connectivity index (χ3v) is 3.39. The van der Waals surface area contributed by atoms with Crippen molar-refractivity contribution in [2.45, 2.75) is 17.4 Å². The predicted octanol–water partition coefficient (Wildman–Crippen LogP) is 1.09. The van der Waals surface area contributed by atoms with Crippen LogP contribution >= 0.6 is 11.8 Å². The summed E-state index contributed by atoms with van der Waals surface area (Å²) < 4.78 is 10.6. The van der Waals surface area contributed by atoms with Gasteiger partial charge in [-0.15, -0.1) is 11.8 Å². The minimum atomic E-state index is -1.00. The van der Waals surface area contributed by atoms with Crippen LogP contribution in [0.1, 0.15) is 5.56 Å². The monoisotopic (exact) mass is 255 g/mol. The number of ether oxygens (including phenoxy) is 2. The van der Waals surface area contributed by atoms with Gasteiger partial charge in [0.05, 0.1) is 4.90 Å². The standard InChI is InChI=1S/C11H13NO4S/c1-17-10-6(4-7(12)11(13)14)2-3-8-9(10)16-5-15-8/h2-3,7H,4-5,12H2,1H3,(H,13,14). The first-order valence-corrected chi connectivity index (χ1v) is 6.29. The molecule has 0 aromatic heterocycles. The molecule has 0 saturated heterocycles. The maximum atomic E-state index is 10.7. The van der Waals surface area contributed by atoms with E-state index in [1.807, 2.05) is 12.3 Å². The van der Waals surface area contributed by atoms with Crippen LogP contribution in [0.2, 0.25) is 0 Å². The maximum absolute atomic E-state index is 10.7. The first-order valence-electron chi connectivity index (χ1n) is 5.07. The summed E-state index contributed by atoms with van der Waals surface area (Å²) in [6.45, 7) is 0.206. The summed E-state index contributed by atoms with van der Waals surface area (Å²) in [6, 6.07) is 2.72. The molecule has 1 aliphatic heterocycles. The Bertz CT molecular complexity index is 449. The molecule has 1 unspecified atom stereocenters. The highest BCUT2D eigenvalue weighted by Gasteiger charge is 2.22. The number of carbonyl (C=O) groups is 1. The van der Waals surface area contributed by atoms with Crippen LogP contribution in [0.15, 0.2) is 17.0 Å². The highest BCUT2D eigenvalue weighted by Crippen LogP contribution is 2.42. The molecule has 1 heterocycles. The van der Waals surface area contributed by atoms with E-state index in [0.29, 0.717) is 11.5 Å². The van der Waals surface area contributed by atoms with Crippen molar-refractivity contribution in [1.82, 2.24) is 0 Å². The summed E-state index contributed by atoms with van der Waals surface area (Å²) in [6.07, 6.45) is 2.19. The molecule has 1 aromatic rings. The second-order valence-electron chi connectivity index (χ2n) is 3.64. The van der Waals surface area contributed by atoms with Gasteiger partial charge in [0.25, 0.3) is 0 Å². The topological polar surface area (TPSA) is 81.8 Å². The van der Waals surface area contributed by atoms with Gasteiger partial charge in [-0.1, -0.05) is 6.07 Å². The van der Waals surface area contributed by atoms with Crippen LogP contribution in [0.25, 0.3) is 0 Å². The zero-order valence-electron chi connectivity index (χ0n) is 9.30. The van der Waals surface area contributed by atoms with Gasteiger partial charge in [-0.2, -0.15) is 0 Å². The SMILES string of the molecule is CSc1c(CC(N)C(=O)O)ccc2c1OCO2. The lowest BCUT2D eigenvalue weighted by Gasteiger charge is -2.12. The molecular formula is C11H13NO4S. The Hall–Kier alpha value is -1.40. The van der Waals surface area contributed by atoms with Crippen LogP contribution in [0.3, 0.4) is 0 Å². The molecule has 0 saturated carbocycles. The Balaban J connectivity index is 2.31. The molecule has 0 amide bonds. The van der Waals surface area contributed by atoms with Crippen molar-refractivity contribution in [3.63, 3.8) is 0 Å². The van der Waals surface area contributed by atoms with Crippen molar-refractivity contribution in [3.05, 3.63) is 17.7 Å². The predicted molar refractivity (Wildman–Crippen MR) is 63.7 cm³/mol. The quantitative estimate of drug-likeness (QED) is 0.784. The molecule has 5 nitrogen and oxygen atoms in total. The van der Waals surface area contributed by atoms with Gasteiger partial charge in [0.2, 0.25) is 6.79 Å². The fraction of sp³-hybridized carbons (Fsp3) is 0.364. The molecule has 92 valence electrons. The van der Waals surface area contributed by atoms with Crippen molar-refractivity contribution in [3.8, 4) is 11.5 Å². The lowest BCUT2D eigenvalue weighted by atomic mass is 10.1. The van der Waals surface area contributed by atoms with E-state index >= 15 is 0 Å². The van der Waals surface area contributed by atoms with Gasteiger partial charge in [-0.25, -0.2) is 0 Å². The number of thioether (sulfide) groups is 1. The van der Waals surface area contributed by atoms with Crippen molar-refractivity contribution in [2.75, 3.05) is 13.0 Å². The third kappa shape index (κ3) is 2.32. The zero-order valence-corrected chi connectivity index (χ0v) is 10.1. The number of fused-ring (bicyclic) bond motifs is 1. The Kier molecular flexibility index (Phi) is 3.44. The third-order valence-electron chi connectivity index (χ3n) is 2.54. The fourth-order valence-electron chi connectivity index (χ4n) is 1.70. The largest absolute Gasteiger partial charge is 0.480 e. The van der Waals surface area contributed by atoms with E-state index in [0.717, 1.165) is 10.5 Å². The summed E-state index contributed by atoms with van der Waals surface area (Å²) in [5, 5.41) is 8.81. The van der Waals surface area contributed by atoms with E-state index in [-0.39, 0.29) is 13.2 Å². The normalized spacial score (nSPS) is 14.7. The van der Waals surface area contributed by atoms with Crippen LogP contribution < -0.4 is 15.2 Å². The van der Waals surface area contributed by atoms with Gasteiger partial charge in [0.15, 0.2) is 11.5 Å². The Morgan fingerprint density at radius 1 is 1.59 bits per heavy atom. The molecule has 0 spiro atoms. The second kappa shape index (κ2) is 4.85. The number of rotatable bonds is 4. The molecule has 0 radical (unpaired) electrons. The van der Waals surface area contributed by atoms with Gasteiger partial charge in [-0.3, -0.25) is 4.79 Å². The van der Waals surface area contributed by atoms with Gasteiger partial charge in [-0.05, 0) is 24.3 Å². The fourth-order valence-corrected chi connectivity index (χ4v) is 2.45. The molecule has 0 bridgehead atoms. The zero-order chi connectivity index (χ0) is 12.4. The van der Waals surface area contributed by atoms with E-state index in [9.17, 15) is 4.79 Å². The molecule has 1 aromatic carbocycles. The summed E-state index contributed by atoms with van der Waals surface area (Å²) in [5.41, 5.74) is 6.41. The van der Waals surface area contributed by atoms with Gasteiger partial charge in [0.1, 0.15) is 6.04 Å². The second-order valence-corrected chi connectivity index (χ2v) is 4.46. The van der Waals surface area contributed by atoms with Crippen molar-refractivity contribution < 1.29 is 19.4 Å². The minimum Gasteiger partial charge on any atom is -0.480 e. The molecule has 1 aliphatic rings. The number of aliphatic carboxylic acids is 1. The van der Waals surface area contributed by atoms with Crippen LogP contribution in [0, 0.1) is 0 Å². The lowest BCUT2D eigenvalue weighted by molar-refractivity contribution is -0.138. The Morgan fingerprint density at radius 2 is 2.35 bits per heavy atom. The van der Waals surface area contributed by atoms with E-state index < -0.39 is 12.0 Å². The number of carboxylic acids is 1. The van der Waals surface area contributed by atoms with Crippen LogP contribution in [0.5, 0.6) is 11.5 Å². The number of carboxylic acid groups (broad SMARTS) is 1. The first kappa shape index (κ1) is 12.1. The Morgan fingerprint density at radius 3 is 3.00 bits per heavy atom. The maximum Gasteiger partial charge on any atom is 0.320 e. The number of nitrogens with two attached hydrogens (primary N) is 1.